The smallest absolute Gasteiger partial charge is 0.264 e. The Kier molecular flexibility index (Phi) is 5.24. The minimum absolute atomic E-state index is 0.0446. The van der Waals surface area contributed by atoms with Crippen molar-refractivity contribution < 1.29 is 25.8 Å². The Morgan fingerprint density at radius 3 is 2.38 bits per heavy atom. The Morgan fingerprint density at radius 2 is 1.81 bits per heavy atom. The lowest BCUT2D eigenvalue weighted by Gasteiger charge is -2.28. The molecule has 2 aromatic heterocycles. The van der Waals surface area contributed by atoms with Gasteiger partial charge in [0.25, 0.3) is 10.1 Å². The molecule has 1 fully saturated rings. The van der Waals surface area contributed by atoms with Crippen LogP contribution in [0.4, 0.5) is 13.2 Å². The molecule has 26 heavy (non-hydrogen) atoms. The molecular weight excluding hydrogens is 391 g/mol. The molecule has 0 bridgehead atoms. The molecular formula is C15H18F3N3O3S2. The van der Waals surface area contributed by atoms with Crippen molar-refractivity contribution in [3.05, 3.63) is 16.5 Å². The van der Waals surface area contributed by atoms with E-state index in [0.29, 0.717) is 34.7 Å². The standard InChI is InChI=1S/C15H18F3N3O3S2/c1-8-19-11(7-24-26(2,22)23)12-14(20-8)25-13(21-12)9-3-5-10(6-4-9)15(16,17)18/h9-10H,3-7H2,1-2H3/t9-,10-. The molecule has 0 aliphatic heterocycles. The van der Waals surface area contributed by atoms with Crippen molar-refractivity contribution >= 4 is 31.8 Å². The highest BCUT2D eigenvalue weighted by Crippen LogP contribution is 2.44. The van der Waals surface area contributed by atoms with E-state index in [-0.39, 0.29) is 25.4 Å². The van der Waals surface area contributed by atoms with Gasteiger partial charge < -0.3 is 0 Å². The van der Waals surface area contributed by atoms with Crippen LogP contribution in [0.15, 0.2) is 0 Å². The Bertz CT molecular complexity index is 904. The van der Waals surface area contributed by atoms with E-state index < -0.39 is 22.2 Å². The number of alkyl halides is 3. The van der Waals surface area contributed by atoms with Crippen LogP contribution in [0.5, 0.6) is 0 Å². The van der Waals surface area contributed by atoms with Crippen LogP contribution in [0.3, 0.4) is 0 Å². The van der Waals surface area contributed by atoms with E-state index in [9.17, 15) is 21.6 Å². The summed E-state index contributed by atoms with van der Waals surface area (Å²) >= 11 is 1.33. The minimum Gasteiger partial charge on any atom is -0.264 e. The Balaban J connectivity index is 1.83. The second-order valence-electron chi connectivity index (χ2n) is 6.48. The van der Waals surface area contributed by atoms with Gasteiger partial charge in [0.05, 0.1) is 22.9 Å². The fourth-order valence-electron chi connectivity index (χ4n) is 3.12. The summed E-state index contributed by atoms with van der Waals surface area (Å²) < 4.78 is 65.7. The maximum absolute atomic E-state index is 12.8. The van der Waals surface area contributed by atoms with Crippen LogP contribution in [-0.4, -0.2) is 35.8 Å². The highest BCUT2D eigenvalue weighted by atomic mass is 32.2. The number of hydrogen-bond donors (Lipinski definition) is 0. The van der Waals surface area contributed by atoms with Gasteiger partial charge >= 0.3 is 6.18 Å². The van der Waals surface area contributed by atoms with Gasteiger partial charge in [0.1, 0.15) is 22.8 Å². The first-order valence-corrected chi connectivity index (χ1v) is 10.7. The quantitative estimate of drug-likeness (QED) is 0.716. The minimum atomic E-state index is -4.14. The molecule has 0 unspecified atom stereocenters. The van der Waals surface area contributed by atoms with Crippen LogP contribution in [0.2, 0.25) is 0 Å². The first kappa shape index (κ1) is 19.4. The van der Waals surface area contributed by atoms with E-state index in [1.54, 1.807) is 6.92 Å². The number of halogens is 3. The van der Waals surface area contributed by atoms with Gasteiger partial charge in [-0.25, -0.2) is 15.0 Å². The topological polar surface area (TPSA) is 82.0 Å². The van der Waals surface area contributed by atoms with E-state index in [1.807, 2.05) is 0 Å². The van der Waals surface area contributed by atoms with Crippen molar-refractivity contribution in [2.75, 3.05) is 6.26 Å². The zero-order valence-corrected chi connectivity index (χ0v) is 15.8. The maximum atomic E-state index is 12.8. The SMILES string of the molecule is Cc1nc(COS(C)(=O)=O)c2nc([C@H]3CC[C@H](C(F)(F)F)CC3)sc2n1. The van der Waals surface area contributed by atoms with E-state index in [0.717, 1.165) is 11.3 Å². The molecule has 2 heterocycles. The van der Waals surface area contributed by atoms with Crippen molar-refractivity contribution in [2.24, 2.45) is 5.92 Å². The monoisotopic (exact) mass is 409 g/mol. The number of aromatic nitrogens is 3. The summed E-state index contributed by atoms with van der Waals surface area (Å²) in [4.78, 5) is 13.6. The van der Waals surface area contributed by atoms with Crippen molar-refractivity contribution in [1.29, 1.82) is 0 Å². The zero-order chi connectivity index (χ0) is 19.1. The second kappa shape index (κ2) is 7.01. The van der Waals surface area contributed by atoms with Gasteiger partial charge in [-0.15, -0.1) is 0 Å². The fraction of sp³-hybridized carbons (Fsp3) is 0.667. The molecule has 0 radical (unpaired) electrons. The lowest BCUT2D eigenvalue weighted by molar-refractivity contribution is -0.182. The van der Waals surface area contributed by atoms with Gasteiger partial charge in [0, 0.05) is 5.92 Å². The zero-order valence-electron chi connectivity index (χ0n) is 14.2. The van der Waals surface area contributed by atoms with Crippen molar-refractivity contribution in [1.82, 2.24) is 15.0 Å². The van der Waals surface area contributed by atoms with Crippen LogP contribution in [0, 0.1) is 12.8 Å². The summed E-state index contributed by atoms with van der Waals surface area (Å²) in [6, 6.07) is 0. The molecule has 1 aliphatic rings. The first-order chi connectivity index (χ1) is 12.0. The molecule has 1 saturated carbocycles. The predicted molar refractivity (Wildman–Crippen MR) is 90.3 cm³/mol. The third-order valence-electron chi connectivity index (χ3n) is 4.41. The fourth-order valence-corrected chi connectivity index (χ4v) is 4.62. The molecule has 0 atom stereocenters. The summed E-state index contributed by atoms with van der Waals surface area (Å²) in [5, 5.41) is 0.723. The van der Waals surface area contributed by atoms with E-state index in [1.165, 1.54) is 11.3 Å². The van der Waals surface area contributed by atoms with Crippen molar-refractivity contribution in [2.45, 2.75) is 51.3 Å². The molecule has 0 spiro atoms. The third-order valence-corrected chi connectivity index (χ3v) is 6.07. The number of hydrogen-bond acceptors (Lipinski definition) is 7. The van der Waals surface area contributed by atoms with Crippen molar-refractivity contribution in [3.8, 4) is 0 Å². The molecule has 2 aromatic rings. The summed E-state index contributed by atoms with van der Waals surface area (Å²) in [6.07, 6.45) is -2.16. The molecule has 0 N–H and O–H groups in total. The van der Waals surface area contributed by atoms with Gasteiger partial charge in [-0.2, -0.15) is 21.6 Å². The number of fused-ring (bicyclic) bond motifs is 1. The molecule has 1 aliphatic carbocycles. The Morgan fingerprint density at radius 1 is 1.15 bits per heavy atom. The van der Waals surface area contributed by atoms with Crippen LogP contribution >= 0.6 is 11.3 Å². The molecule has 0 aromatic carbocycles. The van der Waals surface area contributed by atoms with Crippen LogP contribution in [-0.2, 0) is 20.9 Å². The summed E-state index contributed by atoms with van der Waals surface area (Å²) in [5.74, 6) is -0.828. The average Bonchev–Trinajstić information content (AvgIpc) is 2.95. The van der Waals surface area contributed by atoms with Crippen LogP contribution in [0.25, 0.3) is 10.3 Å². The molecule has 6 nitrogen and oxygen atoms in total. The third kappa shape index (κ3) is 4.49. The van der Waals surface area contributed by atoms with Gasteiger partial charge in [-0.1, -0.05) is 11.3 Å². The second-order valence-corrected chi connectivity index (χ2v) is 9.13. The highest BCUT2D eigenvalue weighted by Gasteiger charge is 2.42. The molecule has 0 amide bonds. The summed E-state index contributed by atoms with van der Waals surface area (Å²) in [5.41, 5.74) is 0.821. The number of thiazole rings is 1. The van der Waals surface area contributed by atoms with Gasteiger partial charge in [0.15, 0.2) is 0 Å². The largest absolute Gasteiger partial charge is 0.391 e. The van der Waals surface area contributed by atoms with Crippen LogP contribution in [0.1, 0.15) is 48.1 Å². The predicted octanol–water partition coefficient (Wildman–Crippen LogP) is 3.71. The van der Waals surface area contributed by atoms with Gasteiger partial charge in [0.2, 0.25) is 0 Å². The number of nitrogens with zero attached hydrogens (tertiary/aromatic N) is 3. The maximum Gasteiger partial charge on any atom is 0.391 e. The lowest BCUT2D eigenvalue weighted by atomic mass is 9.82. The van der Waals surface area contributed by atoms with Crippen molar-refractivity contribution in [3.63, 3.8) is 0 Å². The number of aryl methyl sites for hydroxylation is 1. The Hall–Kier alpha value is -1.33. The van der Waals surface area contributed by atoms with Gasteiger partial charge in [-0.05, 0) is 32.6 Å². The summed E-state index contributed by atoms with van der Waals surface area (Å²) in [6.45, 7) is 1.43. The summed E-state index contributed by atoms with van der Waals surface area (Å²) in [7, 11) is -3.63. The normalized spacial score (nSPS) is 22.0. The Labute approximate surface area is 153 Å². The average molecular weight is 409 g/mol. The van der Waals surface area contributed by atoms with Crippen LogP contribution < -0.4 is 0 Å². The molecule has 144 valence electrons. The van der Waals surface area contributed by atoms with Gasteiger partial charge in [-0.3, -0.25) is 4.18 Å². The lowest BCUT2D eigenvalue weighted by Crippen LogP contribution is -2.27. The first-order valence-electron chi connectivity index (χ1n) is 8.08. The molecule has 3 rings (SSSR count). The van der Waals surface area contributed by atoms with E-state index >= 15 is 0 Å². The number of rotatable bonds is 4. The van der Waals surface area contributed by atoms with E-state index in [4.69, 9.17) is 4.18 Å². The molecule has 11 heteroatoms. The molecule has 0 saturated heterocycles. The highest BCUT2D eigenvalue weighted by molar-refractivity contribution is 7.85. The van der Waals surface area contributed by atoms with E-state index in [2.05, 4.69) is 15.0 Å².